The Balaban J connectivity index is 2.04. The Kier molecular flexibility index (Phi) is 4.96. The van der Waals surface area contributed by atoms with Crippen molar-refractivity contribution in [2.45, 2.75) is 19.0 Å². The van der Waals surface area contributed by atoms with Crippen LogP contribution in [0.5, 0.6) is 0 Å². The van der Waals surface area contributed by atoms with E-state index in [0.717, 1.165) is 6.07 Å². The van der Waals surface area contributed by atoms with Gasteiger partial charge in [-0.15, -0.1) is 0 Å². The number of anilines is 1. The SMILES string of the molecule is CNC(=O)c1nn(C)cc1NC(=O)c1cc2nc(C)cc(C(F)(F)C(F)(F)F)n2n1. The Morgan fingerprint density at radius 3 is 2.33 bits per heavy atom. The lowest BCUT2D eigenvalue weighted by Gasteiger charge is -2.20. The van der Waals surface area contributed by atoms with E-state index < -0.39 is 35.3 Å². The van der Waals surface area contributed by atoms with Gasteiger partial charge in [-0.3, -0.25) is 14.3 Å². The van der Waals surface area contributed by atoms with Gasteiger partial charge in [0.05, 0.1) is 5.69 Å². The third-order valence-electron chi connectivity index (χ3n) is 3.98. The molecular formula is C16H14F5N7O2. The number of carbonyl (C=O) groups excluding carboxylic acids is 2. The van der Waals surface area contributed by atoms with Gasteiger partial charge in [-0.05, 0) is 13.0 Å². The molecule has 0 bridgehead atoms. The second-order valence-electron chi connectivity index (χ2n) is 6.25. The maximum absolute atomic E-state index is 13.9. The van der Waals surface area contributed by atoms with E-state index in [4.69, 9.17) is 0 Å². The van der Waals surface area contributed by atoms with Gasteiger partial charge >= 0.3 is 12.1 Å². The highest BCUT2D eigenvalue weighted by Crippen LogP contribution is 2.43. The van der Waals surface area contributed by atoms with E-state index >= 15 is 0 Å². The molecule has 0 fully saturated rings. The number of rotatable bonds is 4. The van der Waals surface area contributed by atoms with Gasteiger partial charge in [0.15, 0.2) is 17.0 Å². The Labute approximate surface area is 164 Å². The van der Waals surface area contributed by atoms with Crippen molar-refractivity contribution in [2.24, 2.45) is 7.05 Å². The highest BCUT2D eigenvalue weighted by atomic mass is 19.4. The van der Waals surface area contributed by atoms with E-state index in [0.29, 0.717) is 6.07 Å². The molecule has 3 aromatic rings. The van der Waals surface area contributed by atoms with Crippen LogP contribution >= 0.6 is 0 Å². The molecule has 3 rings (SSSR count). The van der Waals surface area contributed by atoms with E-state index in [-0.39, 0.29) is 27.2 Å². The summed E-state index contributed by atoms with van der Waals surface area (Å²) in [5.41, 5.74) is -2.61. The summed E-state index contributed by atoms with van der Waals surface area (Å²) in [6.45, 7) is 1.23. The van der Waals surface area contributed by atoms with Crippen molar-refractivity contribution in [3.8, 4) is 0 Å². The van der Waals surface area contributed by atoms with Crippen molar-refractivity contribution in [1.82, 2.24) is 29.7 Å². The zero-order chi connectivity index (χ0) is 22.4. The summed E-state index contributed by atoms with van der Waals surface area (Å²) >= 11 is 0. The van der Waals surface area contributed by atoms with Crippen LogP contribution in [0.15, 0.2) is 18.3 Å². The molecule has 0 atom stereocenters. The van der Waals surface area contributed by atoms with Crippen molar-refractivity contribution in [2.75, 3.05) is 12.4 Å². The highest BCUT2D eigenvalue weighted by Gasteiger charge is 2.60. The first-order chi connectivity index (χ1) is 13.8. The minimum absolute atomic E-state index is 0.0103. The van der Waals surface area contributed by atoms with Crippen molar-refractivity contribution in [3.63, 3.8) is 0 Å². The van der Waals surface area contributed by atoms with Gasteiger partial charge in [0, 0.05) is 32.1 Å². The topological polar surface area (TPSA) is 106 Å². The highest BCUT2D eigenvalue weighted by molar-refractivity contribution is 6.07. The number of aryl methyl sites for hydroxylation is 2. The third-order valence-corrected chi connectivity index (χ3v) is 3.98. The Morgan fingerprint density at radius 2 is 1.73 bits per heavy atom. The first-order valence-corrected chi connectivity index (χ1v) is 8.24. The van der Waals surface area contributed by atoms with Crippen LogP contribution in [-0.2, 0) is 13.0 Å². The molecule has 3 aromatic heterocycles. The maximum atomic E-state index is 13.9. The summed E-state index contributed by atoms with van der Waals surface area (Å²) in [5.74, 6) is -6.79. The monoisotopic (exact) mass is 431 g/mol. The molecule has 0 saturated carbocycles. The number of hydrogen-bond donors (Lipinski definition) is 2. The standard InChI is InChI=1S/C16H14F5N7O2/c1-7-4-10(15(17,18)16(19,20)21)28-11(23-7)5-8(25-28)13(29)24-9-6-27(3)26-12(9)14(30)22-2/h4-6H,1-3H3,(H,22,30)(H,24,29). The number of nitrogens with zero attached hydrogens (tertiary/aromatic N) is 5. The largest absolute Gasteiger partial charge is 0.459 e. The fraction of sp³-hybridized carbons (Fsp3) is 0.312. The van der Waals surface area contributed by atoms with Crippen LogP contribution in [0, 0.1) is 6.92 Å². The normalized spacial score (nSPS) is 12.3. The summed E-state index contributed by atoms with van der Waals surface area (Å²) in [5, 5.41) is 12.1. The second kappa shape index (κ2) is 7.03. The molecular weight excluding hydrogens is 417 g/mol. The van der Waals surface area contributed by atoms with Gasteiger partial charge in [0.25, 0.3) is 11.8 Å². The number of fused-ring (bicyclic) bond motifs is 1. The first-order valence-electron chi connectivity index (χ1n) is 8.24. The zero-order valence-electron chi connectivity index (χ0n) is 15.7. The molecule has 9 nitrogen and oxygen atoms in total. The maximum Gasteiger partial charge on any atom is 0.459 e. The summed E-state index contributed by atoms with van der Waals surface area (Å²) in [6, 6.07) is 1.49. The molecule has 0 saturated heterocycles. The van der Waals surface area contributed by atoms with Crippen molar-refractivity contribution in [3.05, 3.63) is 41.1 Å². The van der Waals surface area contributed by atoms with E-state index in [1.165, 1.54) is 31.9 Å². The molecule has 3 heterocycles. The number of alkyl halides is 5. The Morgan fingerprint density at radius 1 is 1.07 bits per heavy atom. The van der Waals surface area contributed by atoms with Crippen molar-refractivity contribution < 1.29 is 31.5 Å². The van der Waals surface area contributed by atoms with E-state index in [1.54, 1.807) is 0 Å². The fourth-order valence-corrected chi connectivity index (χ4v) is 2.63. The van der Waals surface area contributed by atoms with E-state index in [2.05, 4.69) is 25.8 Å². The number of carbonyl (C=O) groups is 2. The van der Waals surface area contributed by atoms with Gasteiger partial charge in [-0.2, -0.15) is 32.1 Å². The summed E-state index contributed by atoms with van der Waals surface area (Å²) in [6.07, 6.45) is -4.57. The molecule has 160 valence electrons. The minimum atomic E-state index is -5.87. The summed E-state index contributed by atoms with van der Waals surface area (Å²) in [7, 11) is 2.84. The van der Waals surface area contributed by atoms with Gasteiger partial charge < -0.3 is 10.6 Å². The van der Waals surface area contributed by atoms with Crippen molar-refractivity contribution >= 4 is 23.1 Å². The van der Waals surface area contributed by atoms with Crippen LogP contribution in [0.4, 0.5) is 27.6 Å². The van der Waals surface area contributed by atoms with Gasteiger partial charge in [0.1, 0.15) is 5.69 Å². The van der Waals surface area contributed by atoms with Gasteiger partial charge in [-0.1, -0.05) is 0 Å². The molecule has 30 heavy (non-hydrogen) atoms. The quantitative estimate of drug-likeness (QED) is 0.615. The minimum Gasteiger partial charge on any atom is -0.354 e. The number of nitrogens with one attached hydrogen (secondary N) is 2. The third kappa shape index (κ3) is 3.55. The molecule has 0 aliphatic heterocycles. The van der Waals surface area contributed by atoms with Crippen LogP contribution < -0.4 is 10.6 Å². The lowest BCUT2D eigenvalue weighted by atomic mass is 10.2. The van der Waals surface area contributed by atoms with E-state index in [1.807, 2.05) is 0 Å². The van der Waals surface area contributed by atoms with Crippen LogP contribution in [0.3, 0.4) is 0 Å². The van der Waals surface area contributed by atoms with Crippen molar-refractivity contribution in [1.29, 1.82) is 0 Å². The van der Waals surface area contributed by atoms with Crippen LogP contribution in [0.25, 0.3) is 5.65 Å². The van der Waals surface area contributed by atoms with Gasteiger partial charge in [0.2, 0.25) is 0 Å². The Bertz CT molecular complexity index is 1150. The molecule has 0 radical (unpaired) electrons. The molecule has 14 heteroatoms. The average Bonchev–Trinajstić information content (AvgIpc) is 3.22. The lowest BCUT2D eigenvalue weighted by molar-refractivity contribution is -0.291. The van der Waals surface area contributed by atoms with Gasteiger partial charge in [-0.25, -0.2) is 9.50 Å². The van der Waals surface area contributed by atoms with Crippen LogP contribution in [-0.4, -0.2) is 49.4 Å². The molecule has 0 unspecified atom stereocenters. The summed E-state index contributed by atoms with van der Waals surface area (Å²) < 4.78 is 67.9. The smallest absolute Gasteiger partial charge is 0.354 e. The molecule has 0 aromatic carbocycles. The Hall–Kier alpha value is -3.58. The molecule has 0 aliphatic carbocycles. The molecule has 0 spiro atoms. The predicted molar refractivity (Wildman–Crippen MR) is 92.2 cm³/mol. The lowest BCUT2D eigenvalue weighted by Crippen LogP contribution is -2.36. The summed E-state index contributed by atoms with van der Waals surface area (Å²) in [4.78, 5) is 28.2. The fourth-order valence-electron chi connectivity index (χ4n) is 2.63. The van der Waals surface area contributed by atoms with Crippen LogP contribution in [0.1, 0.15) is 32.4 Å². The number of aromatic nitrogens is 5. The number of hydrogen-bond acceptors (Lipinski definition) is 5. The number of halogens is 5. The number of amides is 2. The second-order valence-corrected chi connectivity index (χ2v) is 6.25. The van der Waals surface area contributed by atoms with Crippen LogP contribution in [0.2, 0.25) is 0 Å². The average molecular weight is 431 g/mol. The molecule has 2 amide bonds. The first kappa shape index (κ1) is 21.1. The predicted octanol–water partition coefficient (Wildman–Crippen LogP) is 2.04. The van der Waals surface area contributed by atoms with E-state index in [9.17, 15) is 31.5 Å². The molecule has 0 aliphatic rings. The molecule has 2 N–H and O–H groups in total. The zero-order valence-corrected chi connectivity index (χ0v) is 15.7.